The van der Waals surface area contributed by atoms with Gasteiger partial charge in [-0.1, -0.05) is 133 Å². The summed E-state index contributed by atoms with van der Waals surface area (Å²) in [5.41, 5.74) is 17.4. The van der Waals surface area contributed by atoms with E-state index in [9.17, 15) is 0 Å². The summed E-state index contributed by atoms with van der Waals surface area (Å²) in [6, 6.07) is 72.9. The van der Waals surface area contributed by atoms with Gasteiger partial charge in [-0.2, -0.15) is 0 Å². The maximum absolute atomic E-state index is 7.04. The van der Waals surface area contributed by atoms with Crippen molar-refractivity contribution >= 4 is 83.5 Å². The monoisotopic (exact) mass is 843 g/mol. The second-order valence-electron chi connectivity index (χ2n) is 17.4. The molecule has 0 bridgehead atoms. The van der Waals surface area contributed by atoms with E-state index in [0.29, 0.717) is 0 Å². The molecule has 10 aromatic carbocycles. The maximum Gasteiger partial charge on any atom is 0.434 e. The molecule has 5 nitrogen and oxygen atoms in total. The molecular formula is C60H34BNO4. The lowest BCUT2D eigenvalue weighted by Crippen LogP contribution is -2.53. The molecule has 0 radical (unpaired) electrons. The van der Waals surface area contributed by atoms with Crippen LogP contribution in [0, 0.1) is 0 Å². The van der Waals surface area contributed by atoms with E-state index in [4.69, 9.17) is 18.2 Å². The van der Waals surface area contributed by atoms with Crippen LogP contribution in [-0.4, -0.2) is 11.5 Å². The first-order chi connectivity index (χ1) is 32.7. The van der Waals surface area contributed by atoms with Crippen molar-refractivity contribution in [1.82, 2.24) is 4.57 Å². The summed E-state index contributed by atoms with van der Waals surface area (Å²) < 4.78 is 29.5. The first-order valence-corrected chi connectivity index (χ1v) is 22.4. The Morgan fingerprint density at radius 1 is 0.348 bits per heavy atom. The average Bonchev–Trinajstić information content (AvgIpc) is 4.06. The Hall–Kier alpha value is -8.74. The van der Waals surface area contributed by atoms with Gasteiger partial charge in [-0.3, -0.25) is 0 Å². The number of para-hydroxylation sites is 5. The highest BCUT2D eigenvalue weighted by Crippen LogP contribution is 2.47. The standard InChI is InChI=1S/C60H34BNO4/c1-2-15-39(42-20-13-27-55-58(42)43-18-5-10-24-51(43)63-55)38(14-1)35-28-29-53-45(30-35)46-31-36(34-57-60(46)61(66-53)47-21-7-12-26-54(47)65-57)37-32-50(59-44-19-6-11-25-52(44)64-56(59)33-37)62-48-22-8-3-16-40(48)41-17-4-9-23-49(41)62/h1-34H. The smallest absolute Gasteiger partial charge is 0.434 e. The largest absolute Gasteiger partial charge is 0.551 e. The lowest BCUT2D eigenvalue weighted by Gasteiger charge is -2.33. The van der Waals surface area contributed by atoms with E-state index in [0.717, 1.165) is 133 Å². The van der Waals surface area contributed by atoms with E-state index in [1.165, 1.54) is 10.8 Å². The molecule has 306 valence electrons. The number of hydrogen-bond acceptors (Lipinski definition) is 4. The van der Waals surface area contributed by atoms with Crippen molar-refractivity contribution < 1.29 is 18.2 Å². The van der Waals surface area contributed by atoms with Crippen molar-refractivity contribution in [3.8, 4) is 67.4 Å². The third-order valence-corrected chi connectivity index (χ3v) is 13.9. The van der Waals surface area contributed by atoms with Gasteiger partial charge in [0.1, 0.15) is 39.6 Å². The van der Waals surface area contributed by atoms with Crippen LogP contribution in [0.4, 0.5) is 0 Å². The Morgan fingerprint density at radius 3 is 1.76 bits per heavy atom. The summed E-state index contributed by atoms with van der Waals surface area (Å²) in [5, 5.41) is 6.79. The summed E-state index contributed by atoms with van der Waals surface area (Å²) in [7, 11) is 0. The molecule has 0 fully saturated rings. The minimum atomic E-state index is -0.336. The topological polar surface area (TPSA) is 49.7 Å². The van der Waals surface area contributed by atoms with Gasteiger partial charge in [-0.15, -0.1) is 0 Å². The molecule has 0 amide bonds. The minimum absolute atomic E-state index is 0.336. The van der Waals surface area contributed by atoms with Crippen LogP contribution < -0.4 is 20.3 Å². The fraction of sp³-hybridized carbons (Fsp3) is 0. The Kier molecular flexibility index (Phi) is 7.24. The van der Waals surface area contributed by atoms with Crippen LogP contribution in [0.2, 0.25) is 0 Å². The quantitative estimate of drug-likeness (QED) is 0.166. The Labute approximate surface area is 378 Å². The summed E-state index contributed by atoms with van der Waals surface area (Å²) in [5.74, 6) is 2.41. The second-order valence-corrected chi connectivity index (χ2v) is 17.4. The number of aromatic nitrogens is 1. The molecular weight excluding hydrogens is 809 g/mol. The molecule has 3 aromatic heterocycles. The molecule has 13 aromatic rings. The normalized spacial score (nSPS) is 12.8. The second kappa shape index (κ2) is 13.4. The average molecular weight is 844 g/mol. The minimum Gasteiger partial charge on any atom is -0.551 e. The van der Waals surface area contributed by atoms with Crippen LogP contribution in [-0.2, 0) is 0 Å². The molecule has 66 heavy (non-hydrogen) atoms. The van der Waals surface area contributed by atoms with Crippen LogP contribution >= 0.6 is 0 Å². The summed E-state index contributed by atoms with van der Waals surface area (Å²) in [4.78, 5) is 0. The van der Waals surface area contributed by atoms with Crippen molar-refractivity contribution in [2.45, 2.75) is 0 Å². The number of hydrogen-bond donors (Lipinski definition) is 0. The van der Waals surface area contributed by atoms with Crippen LogP contribution in [0.25, 0.3) is 116 Å². The van der Waals surface area contributed by atoms with Gasteiger partial charge in [0.25, 0.3) is 0 Å². The molecule has 6 heteroatoms. The van der Waals surface area contributed by atoms with Crippen molar-refractivity contribution in [1.29, 1.82) is 0 Å². The predicted molar refractivity (Wildman–Crippen MR) is 269 cm³/mol. The Morgan fingerprint density at radius 2 is 0.955 bits per heavy atom. The molecule has 0 aliphatic carbocycles. The maximum atomic E-state index is 7.04. The van der Waals surface area contributed by atoms with E-state index in [2.05, 4.69) is 180 Å². The van der Waals surface area contributed by atoms with Gasteiger partial charge in [0.2, 0.25) is 0 Å². The van der Waals surface area contributed by atoms with Crippen molar-refractivity contribution in [3.05, 3.63) is 206 Å². The molecule has 2 aliphatic heterocycles. The summed E-state index contributed by atoms with van der Waals surface area (Å²) in [6.45, 7) is -0.336. The number of fused-ring (bicyclic) bond motifs is 13. The molecule has 0 saturated carbocycles. The highest BCUT2D eigenvalue weighted by molar-refractivity contribution is 6.84. The van der Waals surface area contributed by atoms with Gasteiger partial charge in [-0.25, -0.2) is 0 Å². The Bertz CT molecular complexity index is 4160. The number of furan rings is 2. The van der Waals surface area contributed by atoms with Crippen molar-refractivity contribution in [3.63, 3.8) is 0 Å². The molecule has 0 spiro atoms. The molecule has 0 N–H and O–H groups in total. The number of rotatable bonds is 4. The summed E-state index contributed by atoms with van der Waals surface area (Å²) >= 11 is 0. The van der Waals surface area contributed by atoms with E-state index < -0.39 is 0 Å². The zero-order valence-electron chi connectivity index (χ0n) is 35.3. The van der Waals surface area contributed by atoms with Gasteiger partial charge in [0.05, 0.1) is 22.1 Å². The number of ether oxygens (including phenoxy) is 1. The van der Waals surface area contributed by atoms with Gasteiger partial charge in [0.15, 0.2) is 0 Å². The predicted octanol–water partition coefficient (Wildman–Crippen LogP) is 14.9. The van der Waals surface area contributed by atoms with Crippen LogP contribution in [0.15, 0.2) is 215 Å². The van der Waals surface area contributed by atoms with E-state index in [-0.39, 0.29) is 6.92 Å². The van der Waals surface area contributed by atoms with Crippen LogP contribution in [0.5, 0.6) is 17.2 Å². The first kappa shape index (κ1) is 35.7. The number of nitrogens with zero attached hydrogens (tertiary/aromatic N) is 1. The van der Waals surface area contributed by atoms with Crippen molar-refractivity contribution in [2.24, 2.45) is 0 Å². The highest BCUT2D eigenvalue weighted by Gasteiger charge is 2.41. The van der Waals surface area contributed by atoms with Gasteiger partial charge in [-0.05, 0) is 112 Å². The SMILES string of the molecule is c1ccc2c(c1)Oc1cc(-c3cc(-n4c5ccccc5c5ccccc54)c4c(c3)oc3ccccc34)cc3c1B2Oc1ccc(-c2ccccc2-c2cccc4oc5ccccc5c24)cc1-3. The van der Waals surface area contributed by atoms with E-state index in [1.54, 1.807) is 0 Å². The lowest BCUT2D eigenvalue weighted by molar-refractivity contribution is 0.479. The molecule has 0 saturated heterocycles. The fourth-order valence-corrected chi connectivity index (χ4v) is 11.0. The third-order valence-electron chi connectivity index (χ3n) is 13.9. The van der Waals surface area contributed by atoms with E-state index in [1.807, 2.05) is 30.3 Å². The summed E-state index contributed by atoms with van der Waals surface area (Å²) in [6.07, 6.45) is 0. The van der Waals surface area contributed by atoms with Gasteiger partial charge < -0.3 is 22.8 Å². The van der Waals surface area contributed by atoms with Gasteiger partial charge in [0, 0.05) is 43.4 Å². The van der Waals surface area contributed by atoms with Crippen molar-refractivity contribution in [2.75, 3.05) is 0 Å². The molecule has 5 heterocycles. The zero-order chi connectivity index (χ0) is 43.0. The van der Waals surface area contributed by atoms with E-state index >= 15 is 0 Å². The molecule has 0 unspecified atom stereocenters. The Balaban J connectivity index is 0.969. The molecule has 0 atom stereocenters. The molecule has 2 aliphatic rings. The first-order valence-electron chi connectivity index (χ1n) is 22.4. The molecule has 15 rings (SSSR count). The number of benzene rings is 10. The highest BCUT2D eigenvalue weighted by atomic mass is 16.5. The van der Waals surface area contributed by atoms with Crippen LogP contribution in [0.3, 0.4) is 0 Å². The zero-order valence-corrected chi connectivity index (χ0v) is 35.3. The lowest BCUT2D eigenvalue weighted by atomic mass is 9.50. The van der Waals surface area contributed by atoms with Crippen LogP contribution in [0.1, 0.15) is 0 Å². The fourth-order valence-electron chi connectivity index (χ4n) is 11.0. The van der Waals surface area contributed by atoms with Gasteiger partial charge >= 0.3 is 6.92 Å². The third kappa shape index (κ3) is 5.01.